The van der Waals surface area contributed by atoms with Crippen molar-refractivity contribution in [1.82, 2.24) is 29.4 Å². The maximum absolute atomic E-state index is 13.9. The molecule has 178 valence electrons. The zero-order valence-electron chi connectivity index (χ0n) is 18.2. The van der Waals surface area contributed by atoms with Gasteiger partial charge >= 0.3 is 6.18 Å². The molecule has 12 heteroatoms. The molecule has 0 radical (unpaired) electrons. The molecule has 5 aromatic rings. The number of alkyl halides is 3. The maximum Gasteiger partial charge on any atom is 0.437 e. The minimum Gasteiger partial charge on any atom is -0.458 e. The first-order valence-corrected chi connectivity index (χ1v) is 10.7. The van der Waals surface area contributed by atoms with Crippen LogP contribution in [0.3, 0.4) is 0 Å². The molecule has 0 saturated carbocycles. The largest absolute Gasteiger partial charge is 0.458 e. The predicted molar refractivity (Wildman–Crippen MR) is 115 cm³/mol. The van der Waals surface area contributed by atoms with Crippen LogP contribution in [0.1, 0.15) is 39.4 Å². The van der Waals surface area contributed by atoms with Gasteiger partial charge in [0.15, 0.2) is 5.69 Å². The molecule has 0 aliphatic carbocycles. The molecule has 6 rings (SSSR count). The monoisotopic (exact) mass is 482 g/mol. The molecule has 0 fully saturated rings. The molecule has 5 heterocycles. The molecule has 1 N–H and O–H groups in total. The van der Waals surface area contributed by atoms with Crippen molar-refractivity contribution in [3.05, 3.63) is 77.8 Å². The van der Waals surface area contributed by atoms with Gasteiger partial charge in [0.25, 0.3) is 5.91 Å². The summed E-state index contributed by atoms with van der Waals surface area (Å²) in [6.07, 6.45) is -0.330. The van der Waals surface area contributed by atoms with E-state index in [-0.39, 0.29) is 18.1 Å². The fourth-order valence-corrected chi connectivity index (χ4v) is 4.38. The van der Waals surface area contributed by atoms with Crippen molar-refractivity contribution in [2.45, 2.75) is 18.6 Å². The molecule has 1 amide bonds. The summed E-state index contributed by atoms with van der Waals surface area (Å²) in [6.45, 7) is 0.120. The molecule has 0 unspecified atom stereocenters. The Morgan fingerprint density at radius 1 is 1.23 bits per heavy atom. The van der Waals surface area contributed by atoms with Crippen LogP contribution in [-0.2, 0) is 19.6 Å². The molecule has 1 atom stereocenters. The van der Waals surface area contributed by atoms with Crippen LogP contribution in [0.4, 0.5) is 13.2 Å². The summed E-state index contributed by atoms with van der Waals surface area (Å²) >= 11 is 0. The van der Waals surface area contributed by atoms with Gasteiger partial charge in [0.05, 0.1) is 24.5 Å². The van der Waals surface area contributed by atoms with E-state index in [9.17, 15) is 18.0 Å². The van der Waals surface area contributed by atoms with E-state index in [0.29, 0.717) is 23.5 Å². The average molecular weight is 482 g/mol. The number of benzene rings is 1. The number of carbonyl (C=O) groups excluding carboxylic acids is 1. The number of oxazole rings is 1. The fourth-order valence-electron chi connectivity index (χ4n) is 4.38. The highest BCUT2D eigenvalue weighted by Gasteiger charge is 2.45. The molecular formula is C23H17F3N6O3. The van der Waals surface area contributed by atoms with E-state index in [0.717, 1.165) is 11.1 Å². The van der Waals surface area contributed by atoms with Gasteiger partial charge in [0.2, 0.25) is 11.7 Å². The Labute approximate surface area is 195 Å². The van der Waals surface area contributed by atoms with Gasteiger partial charge in [-0.2, -0.15) is 13.2 Å². The lowest BCUT2D eigenvalue weighted by Gasteiger charge is -2.33. The number of hydrogen-bond acceptors (Lipinski definition) is 6. The van der Waals surface area contributed by atoms with Crippen molar-refractivity contribution >= 4 is 16.9 Å². The van der Waals surface area contributed by atoms with Crippen molar-refractivity contribution in [3.8, 4) is 11.6 Å². The zero-order chi connectivity index (χ0) is 24.3. The Kier molecular flexibility index (Phi) is 4.59. The Bertz CT molecular complexity index is 1530. The number of furan rings is 1. The standard InChI is InChI=1S/C23H17F3N6O3/c1-31-11-27-9-14(31)21-30-20(23(24,25)26)19(35-21)22(33)32-7-6-13-17(29-10-28-13)18(32)16-8-12-4-2-3-5-15(12)34-16/h2-5,8-11,18H,6-7H2,1H3,(H,28,29)/t18-/m1/s1. The maximum atomic E-state index is 13.9. The van der Waals surface area contributed by atoms with Gasteiger partial charge < -0.3 is 23.3 Å². The summed E-state index contributed by atoms with van der Waals surface area (Å²) in [5.41, 5.74) is 0.686. The third kappa shape index (κ3) is 3.40. The second-order valence-corrected chi connectivity index (χ2v) is 8.19. The predicted octanol–water partition coefficient (Wildman–Crippen LogP) is 4.35. The van der Waals surface area contributed by atoms with Crippen LogP contribution in [0, 0.1) is 0 Å². The lowest BCUT2D eigenvalue weighted by molar-refractivity contribution is -0.141. The van der Waals surface area contributed by atoms with Gasteiger partial charge in [0, 0.05) is 31.1 Å². The number of amides is 1. The first kappa shape index (κ1) is 21.2. The molecule has 1 aliphatic rings. The zero-order valence-corrected chi connectivity index (χ0v) is 18.2. The number of aromatic nitrogens is 5. The van der Waals surface area contributed by atoms with E-state index in [1.54, 1.807) is 19.2 Å². The van der Waals surface area contributed by atoms with E-state index in [4.69, 9.17) is 8.83 Å². The smallest absolute Gasteiger partial charge is 0.437 e. The number of H-pyrrole nitrogens is 1. The van der Waals surface area contributed by atoms with Gasteiger partial charge in [-0.1, -0.05) is 18.2 Å². The minimum absolute atomic E-state index is 0.120. The number of imidazole rings is 2. The number of nitrogens with zero attached hydrogens (tertiary/aromatic N) is 5. The quantitative estimate of drug-likeness (QED) is 0.410. The first-order chi connectivity index (χ1) is 16.8. The number of fused-ring (bicyclic) bond motifs is 2. The molecule has 1 aromatic carbocycles. The lowest BCUT2D eigenvalue weighted by Crippen LogP contribution is -2.41. The second-order valence-electron chi connectivity index (χ2n) is 8.19. The van der Waals surface area contributed by atoms with E-state index in [1.807, 2.05) is 18.2 Å². The summed E-state index contributed by atoms with van der Waals surface area (Å²) in [4.78, 5) is 29.8. The van der Waals surface area contributed by atoms with Crippen molar-refractivity contribution in [2.24, 2.45) is 7.05 Å². The van der Waals surface area contributed by atoms with Crippen molar-refractivity contribution in [2.75, 3.05) is 6.54 Å². The minimum atomic E-state index is -4.91. The molecule has 4 aromatic heterocycles. The average Bonchev–Trinajstić information content (AvgIpc) is 3.61. The van der Waals surface area contributed by atoms with Gasteiger partial charge in [0.1, 0.15) is 23.1 Å². The summed E-state index contributed by atoms with van der Waals surface area (Å²) < 4.78 is 54.7. The van der Waals surface area contributed by atoms with E-state index in [2.05, 4.69) is 19.9 Å². The molecule has 9 nitrogen and oxygen atoms in total. The van der Waals surface area contributed by atoms with Crippen LogP contribution < -0.4 is 0 Å². The van der Waals surface area contributed by atoms with Crippen LogP contribution in [0.15, 0.2) is 58.0 Å². The first-order valence-electron chi connectivity index (χ1n) is 10.7. The summed E-state index contributed by atoms with van der Waals surface area (Å²) in [6, 6.07) is 8.18. The number of nitrogens with one attached hydrogen (secondary N) is 1. The van der Waals surface area contributed by atoms with Crippen LogP contribution in [0.5, 0.6) is 0 Å². The number of rotatable bonds is 3. The Balaban J connectivity index is 1.48. The van der Waals surface area contributed by atoms with Crippen LogP contribution in [0.2, 0.25) is 0 Å². The van der Waals surface area contributed by atoms with Gasteiger partial charge in [-0.05, 0) is 12.1 Å². The second kappa shape index (κ2) is 7.58. The molecule has 35 heavy (non-hydrogen) atoms. The van der Waals surface area contributed by atoms with E-state index < -0.39 is 29.6 Å². The van der Waals surface area contributed by atoms with Crippen LogP contribution in [-0.4, -0.2) is 41.9 Å². The number of carbonyl (C=O) groups is 1. The van der Waals surface area contributed by atoms with Crippen molar-refractivity contribution in [3.63, 3.8) is 0 Å². The SMILES string of the molecule is Cn1cncc1-c1nc(C(F)(F)F)c(C(=O)N2CCc3[nH]cnc3[C@H]2c2cc3ccccc3o2)o1. The van der Waals surface area contributed by atoms with E-state index in [1.165, 1.54) is 28.3 Å². The van der Waals surface area contributed by atoms with E-state index >= 15 is 0 Å². The van der Waals surface area contributed by atoms with Crippen LogP contribution in [0.25, 0.3) is 22.6 Å². The number of hydrogen-bond donors (Lipinski definition) is 1. The highest BCUT2D eigenvalue weighted by Crippen LogP contribution is 2.40. The highest BCUT2D eigenvalue weighted by molar-refractivity contribution is 5.94. The number of para-hydroxylation sites is 1. The highest BCUT2D eigenvalue weighted by atomic mass is 19.4. The summed E-state index contributed by atoms with van der Waals surface area (Å²) in [5, 5.41) is 0.798. The number of halogens is 3. The van der Waals surface area contributed by atoms with Gasteiger partial charge in [-0.15, -0.1) is 0 Å². The Morgan fingerprint density at radius 2 is 2.06 bits per heavy atom. The number of aromatic amines is 1. The van der Waals surface area contributed by atoms with Gasteiger partial charge in [-0.25, -0.2) is 15.0 Å². The Morgan fingerprint density at radius 3 is 2.80 bits per heavy atom. The molecule has 1 aliphatic heterocycles. The fraction of sp³-hybridized carbons (Fsp3) is 0.217. The summed E-state index contributed by atoms with van der Waals surface area (Å²) in [7, 11) is 1.59. The lowest BCUT2D eigenvalue weighted by atomic mass is 9.99. The Hall–Kier alpha value is -4.35. The molecule has 0 spiro atoms. The van der Waals surface area contributed by atoms with Crippen LogP contribution >= 0.6 is 0 Å². The topological polar surface area (TPSA) is 106 Å². The van der Waals surface area contributed by atoms with Crippen molar-refractivity contribution < 1.29 is 26.8 Å². The van der Waals surface area contributed by atoms with Crippen molar-refractivity contribution in [1.29, 1.82) is 0 Å². The number of aryl methyl sites for hydroxylation is 1. The van der Waals surface area contributed by atoms with Gasteiger partial charge in [-0.3, -0.25) is 4.79 Å². The molecular weight excluding hydrogens is 465 g/mol. The molecule has 0 saturated heterocycles. The molecule has 0 bridgehead atoms. The summed E-state index contributed by atoms with van der Waals surface area (Å²) in [5.74, 6) is -1.82. The third-order valence-corrected chi connectivity index (χ3v) is 6.03. The third-order valence-electron chi connectivity index (χ3n) is 6.03. The normalized spacial score (nSPS) is 16.1.